The van der Waals surface area contributed by atoms with E-state index in [9.17, 15) is 9.90 Å². The molecular weight excluding hydrogens is 362 g/mol. The van der Waals surface area contributed by atoms with Crippen LogP contribution < -0.4 is 5.32 Å². The number of nitrogens with zero attached hydrogens (tertiary/aromatic N) is 1. The first-order chi connectivity index (χ1) is 14.2. The van der Waals surface area contributed by atoms with Gasteiger partial charge in [-0.15, -0.1) is 0 Å². The molecular formula is C24H43N3O2. The van der Waals surface area contributed by atoms with Gasteiger partial charge in [0, 0.05) is 12.6 Å². The van der Waals surface area contributed by atoms with Crippen LogP contribution >= 0.6 is 0 Å². The number of H-pyrrole nitrogens is 1. The fourth-order valence-electron chi connectivity index (χ4n) is 3.51. The van der Waals surface area contributed by atoms with Gasteiger partial charge in [-0.3, -0.25) is 4.79 Å². The van der Waals surface area contributed by atoms with Gasteiger partial charge >= 0.3 is 5.97 Å². The predicted molar refractivity (Wildman–Crippen MR) is 121 cm³/mol. The van der Waals surface area contributed by atoms with Crippen molar-refractivity contribution >= 4 is 5.97 Å². The molecule has 1 atom stereocenters. The maximum absolute atomic E-state index is 11.3. The molecule has 1 heterocycles. The zero-order valence-corrected chi connectivity index (χ0v) is 18.5. The molecule has 0 aliphatic rings. The van der Waals surface area contributed by atoms with Gasteiger partial charge in [0.1, 0.15) is 6.04 Å². The number of carbonyl (C=O) groups is 1. The standard InChI is InChI=1S/C24H43N3O2/c1-2-3-4-5-6-7-8-9-10-11-12-13-14-15-16-17-18-26-23(24(28)29)19-22-20-25-21-27-22/h9-10,20-21,23,26H,2-8,11-19H2,1H3,(H,25,27)(H,28,29)/b10-9-/t23-/m0/s1. The van der Waals surface area contributed by atoms with E-state index in [2.05, 4.69) is 34.4 Å². The lowest BCUT2D eigenvalue weighted by Crippen LogP contribution is -2.39. The molecule has 0 saturated heterocycles. The van der Waals surface area contributed by atoms with Gasteiger partial charge in [-0.25, -0.2) is 4.98 Å². The van der Waals surface area contributed by atoms with E-state index in [0.717, 1.165) is 25.1 Å². The van der Waals surface area contributed by atoms with Crippen LogP contribution in [0.5, 0.6) is 0 Å². The average molecular weight is 406 g/mol. The number of hydrogen-bond acceptors (Lipinski definition) is 3. The smallest absolute Gasteiger partial charge is 0.321 e. The molecule has 1 rings (SSSR count). The number of carboxylic acid groups (broad SMARTS) is 1. The van der Waals surface area contributed by atoms with Crippen LogP contribution in [0.4, 0.5) is 0 Å². The summed E-state index contributed by atoms with van der Waals surface area (Å²) < 4.78 is 0. The highest BCUT2D eigenvalue weighted by molar-refractivity contribution is 5.73. The minimum Gasteiger partial charge on any atom is -0.480 e. The second-order valence-electron chi connectivity index (χ2n) is 8.05. The number of unbranched alkanes of at least 4 members (excludes halogenated alkanes) is 12. The molecule has 0 spiro atoms. The summed E-state index contributed by atoms with van der Waals surface area (Å²) in [7, 11) is 0. The minimum atomic E-state index is -0.808. The molecule has 0 aromatic carbocycles. The molecule has 0 saturated carbocycles. The van der Waals surface area contributed by atoms with Crippen molar-refractivity contribution in [3.63, 3.8) is 0 Å². The van der Waals surface area contributed by atoms with Gasteiger partial charge in [0.2, 0.25) is 0 Å². The Balaban J connectivity index is 1.86. The number of nitrogens with one attached hydrogen (secondary N) is 2. The quantitative estimate of drug-likeness (QED) is 0.183. The van der Waals surface area contributed by atoms with Gasteiger partial charge in [0.05, 0.1) is 12.0 Å². The molecule has 166 valence electrons. The molecule has 29 heavy (non-hydrogen) atoms. The third kappa shape index (κ3) is 15.0. The Kier molecular flexibility index (Phi) is 16.1. The van der Waals surface area contributed by atoms with E-state index in [0.29, 0.717) is 6.42 Å². The van der Waals surface area contributed by atoms with E-state index in [1.807, 2.05) is 0 Å². The van der Waals surface area contributed by atoms with Crippen LogP contribution in [0.25, 0.3) is 0 Å². The molecule has 0 amide bonds. The first kappa shape index (κ1) is 25.4. The number of hydrogen-bond donors (Lipinski definition) is 3. The zero-order valence-electron chi connectivity index (χ0n) is 18.5. The van der Waals surface area contributed by atoms with Crippen molar-refractivity contribution in [1.29, 1.82) is 0 Å². The number of allylic oxidation sites excluding steroid dienone is 2. The van der Waals surface area contributed by atoms with Crippen molar-refractivity contribution in [2.45, 2.75) is 109 Å². The van der Waals surface area contributed by atoms with E-state index >= 15 is 0 Å². The van der Waals surface area contributed by atoms with Crippen molar-refractivity contribution in [3.05, 3.63) is 30.4 Å². The lowest BCUT2D eigenvalue weighted by Gasteiger charge is -2.13. The summed E-state index contributed by atoms with van der Waals surface area (Å²) >= 11 is 0. The second-order valence-corrected chi connectivity index (χ2v) is 8.05. The van der Waals surface area contributed by atoms with Gasteiger partial charge in [0.25, 0.3) is 0 Å². The third-order valence-corrected chi connectivity index (χ3v) is 5.35. The lowest BCUT2D eigenvalue weighted by molar-refractivity contribution is -0.139. The van der Waals surface area contributed by atoms with E-state index < -0.39 is 12.0 Å². The monoisotopic (exact) mass is 405 g/mol. The molecule has 3 N–H and O–H groups in total. The van der Waals surface area contributed by atoms with Crippen molar-refractivity contribution in [2.24, 2.45) is 0 Å². The van der Waals surface area contributed by atoms with Crippen LogP contribution in [0, 0.1) is 0 Å². The molecule has 0 fully saturated rings. The molecule has 0 unspecified atom stereocenters. The Labute approximate surface area is 177 Å². The SMILES string of the molecule is CCCCCCCC/C=C\CCCCCCCCN[C@@H](Cc1c[nH]cn1)C(=O)O. The number of aromatic nitrogens is 2. The lowest BCUT2D eigenvalue weighted by atomic mass is 10.1. The van der Waals surface area contributed by atoms with Gasteiger partial charge in [-0.1, -0.05) is 76.9 Å². The molecule has 1 aromatic heterocycles. The molecule has 5 nitrogen and oxygen atoms in total. The number of aromatic amines is 1. The van der Waals surface area contributed by atoms with Gasteiger partial charge in [-0.2, -0.15) is 0 Å². The summed E-state index contributed by atoms with van der Waals surface area (Å²) in [6.07, 6.45) is 26.5. The Morgan fingerprint density at radius 2 is 1.59 bits per heavy atom. The van der Waals surface area contributed by atoms with Gasteiger partial charge in [-0.05, 0) is 38.6 Å². The van der Waals surface area contributed by atoms with Crippen LogP contribution in [0.3, 0.4) is 0 Å². The summed E-state index contributed by atoms with van der Waals surface area (Å²) in [6, 6.07) is -0.554. The average Bonchev–Trinajstić information content (AvgIpc) is 3.22. The highest BCUT2D eigenvalue weighted by Gasteiger charge is 2.17. The number of aliphatic carboxylic acids is 1. The highest BCUT2D eigenvalue weighted by Crippen LogP contribution is 2.10. The topological polar surface area (TPSA) is 78.0 Å². The summed E-state index contributed by atoms with van der Waals surface area (Å²) in [4.78, 5) is 18.3. The molecule has 0 bridgehead atoms. The minimum absolute atomic E-state index is 0.422. The van der Waals surface area contributed by atoms with Crippen LogP contribution in [0.2, 0.25) is 0 Å². The summed E-state index contributed by atoms with van der Waals surface area (Å²) in [5.74, 6) is -0.808. The predicted octanol–water partition coefficient (Wildman–Crippen LogP) is 6.03. The van der Waals surface area contributed by atoms with Gasteiger partial charge < -0.3 is 15.4 Å². The van der Waals surface area contributed by atoms with E-state index in [1.165, 1.54) is 77.0 Å². The molecule has 0 aliphatic heterocycles. The zero-order chi connectivity index (χ0) is 21.0. The van der Waals surface area contributed by atoms with Crippen molar-refractivity contribution in [2.75, 3.05) is 6.54 Å². The van der Waals surface area contributed by atoms with Crippen LogP contribution in [-0.2, 0) is 11.2 Å². The van der Waals surface area contributed by atoms with Crippen molar-refractivity contribution < 1.29 is 9.90 Å². The van der Waals surface area contributed by atoms with Crippen LogP contribution in [-0.4, -0.2) is 33.6 Å². The van der Waals surface area contributed by atoms with E-state index in [4.69, 9.17) is 0 Å². The van der Waals surface area contributed by atoms with Crippen LogP contribution in [0.1, 0.15) is 103 Å². The summed E-state index contributed by atoms with van der Waals surface area (Å²) in [5.41, 5.74) is 0.783. The van der Waals surface area contributed by atoms with Crippen molar-refractivity contribution in [1.82, 2.24) is 15.3 Å². The second kappa shape index (κ2) is 18.4. The van der Waals surface area contributed by atoms with E-state index in [1.54, 1.807) is 12.5 Å². The number of rotatable bonds is 20. The Hall–Kier alpha value is -1.62. The van der Waals surface area contributed by atoms with Crippen molar-refractivity contribution in [3.8, 4) is 0 Å². The van der Waals surface area contributed by atoms with Crippen LogP contribution in [0.15, 0.2) is 24.7 Å². The largest absolute Gasteiger partial charge is 0.480 e. The molecule has 0 radical (unpaired) electrons. The van der Waals surface area contributed by atoms with Gasteiger partial charge in [0.15, 0.2) is 0 Å². The normalized spacial score (nSPS) is 12.6. The maximum atomic E-state index is 11.3. The number of imidazole rings is 1. The fourth-order valence-corrected chi connectivity index (χ4v) is 3.51. The Bertz CT molecular complexity index is 514. The fraction of sp³-hybridized carbons (Fsp3) is 0.750. The molecule has 5 heteroatoms. The Morgan fingerprint density at radius 1 is 1.00 bits per heavy atom. The van der Waals surface area contributed by atoms with E-state index in [-0.39, 0.29) is 0 Å². The third-order valence-electron chi connectivity index (χ3n) is 5.35. The summed E-state index contributed by atoms with van der Waals surface area (Å²) in [6.45, 7) is 3.02. The molecule has 0 aliphatic carbocycles. The highest BCUT2D eigenvalue weighted by atomic mass is 16.4. The number of carboxylic acids is 1. The molecule has 1 aromatic rings. The first-order valence-corrected chi connectivity index (χ1v) is 11.8. The first-order valence-electron chi connectivity index (χ1n) is 11.8. The Morgan fingerprint density at radius 3 is 2.14 bits per heavy atom. The maximum Gasteiger partial charge on any atom is 0.321 e. The summed E-state index contributed by atoms with van der Waals surface area (Å²) in [5, 5.41) is 12.4.